The van der Waals surface area contributed by atoms with Crippen LogP contribution in [-0.2, 0) is 6.61 Å². The van der Waals surface area contributed by atoms with Gasteiger partial charge in [0.25, 0.3) is 0 Å². The molecule has 1 heterocycles. The Hall–Kier alpha value is -2.42. The highest BCUT2D eigenvalue weighted by Gasteiger charge is 2.09. The lowest BCUT2D eigenvalue weighted by Crippen LogP contribution is -1.95. The molecular formula is C16H14O3. The summed E-state index contributed by atoms with van der Waals surface area (Å²) >= 11 is 0. The van der Waals surface area contributed by atoms with Crippen LogP contribution in [-0.4, -0.2) is 5.11 Å². The van der Waals surface area contributed by atoms with Crippen LogP contribution in [0.5, 0.6) is 11.5 Å². The van der Waals surface area contributed by atoms with Crippen molar-refractivity contribution in [1.29, 1.82) is 0 Å². The van der Waals surface area contributed by atoms with E-state index in [0.717, 1.165) is 22.3 Å². The van der Waals surface area contributed by atoms with E-state index in [2.05, 4.69) is 0 Å². The van der Waals surface area contributed by atoms with Crippen LogP contribution in [0.3, 0.4) is 0 Å². The van der Waals surface area contributed by atoms with Gasteiger partial charge in [0.2, 0.25) is 0 Å². The topological polar surface area (TPSA) is 42.6 Å². The molecule has 1 aromatic heterocycles. The monoisotopic (exact) mass is 254 g/mol. The number of fused-ring (bicyclic) bond motifs is 1. The van der Waals surface area contributed by atoms with Crippen LogP contribution < -0.4 is 4.74 Å². The van der Waals surface area contributed by atoms with Crippen LogP contribution in [0, 0.1) is 6.92 Å². The maximum atomic E-state index is 9.68. The highest BCUT2D eigenvalue weighted by atomic mass is 16.5. The second-order valence-corrected chi connectivity index (χ2v) is 4.47. The summed E-state index contributed by atoms with van der Waals surface area (Å²) in [6, 6.07) is 13.2. The molecule has 0 aliphatic rings. The van der Waals surface area contributed by atoms with Gasteiger partial charge in [-0.05, 0) is 24.6 Å². The van der Waals surface area contributed by atoms with Gasteiger partial charge in [-0.15, -0.1) is 0 Å². The third kappa shape index (κ3) is 2.15. The zero-order chi connectivity index (χ0) is 13.2. The van der Waals surface area contributed by atoms with Crippen LogP contribution in [0.25, 0.3) is 11.0 Å². The van der Waals surface area contributed by atoms with Crippen LogP contribution >= 0.6 is 0 Å². The number of aromatic hydroxyl groups is 1. The maximum Gasteiger partial charge on any atom is 0.175 e. The number of ether oxygens (including phenoxy) is 1. The zero-order valence-electron chi connectivity index (χ0n) is 10.6. The number of hydrogen-bond donors (Lipinski definition) is 1. The van der Waals surface area contributed by atoms with Crippen molar-refractivity contribution in [2.75, 3.05) is 0 Å². The summed E-state index contributed by atoms with van der Waals surface area (Å²) < 4.78 is 11.2. The lowest BCUT2D eigenvalue weighted by molar-refractivity contribution is 0.304. The standard InChI is InChI=1S/C16H14O3/c1-11-5-2-3-8-15(11)18-9-12-10-19-16-13(12)6-4-7-14(16)17/h2-8,10,17H,9H2,1H3. The van der Waals surface area contributed by atoms with Gasteiger partial charge in [-0.25, -0.2) is 0 Å². The van der Waals surface area contributed by atoms with Gasteiger partial charge in [0.15, 0.2) is 11.3 Å². The molecule has 0 aliphatic heterocycles. The van der Waals surface area contributed by atoms with Gasteiger partial charge in [-0.3, -0.25) is 0 Å². The number of aryl methyl sites for hydroxylation is 1. The van der Waals surface area contributed by atoms with Gasteiger partial charge >= 0.3 is 0 Å². The highest BCUT2D eigenvalue weighted by Crippen LogP contribution is 2.29. The van der Waals surface area contributed by atoms with Crippen molar-refractivity contribution in [1.82, 2.24) is 0 Å². The Kier molecular flexibility index (Phi) is 2.88. The molecule has 96 valence electrons. The van der Waals surface area contributed by atoms with Gasteiger partial charge in [0.1, 0.15) is 12.4 Å². The van der Waals surface area contributed by atoms with Crippen LogP contribution in [0.2, 0.25) is 0 Å². The van der Waals surface area contributed by atoms with Crippen LogP contribution in [0.4, 0.5) is 0 Å². The molecule has 3 aromatic rings. The minimum Gasteiger partial charge on any atom is -0.504 e. The lowest BCUT2D eigenvalue weighted by Gasteiger charge is -2.07. The van der Waals surface area contributed by atoms with E-state index in [-0.39, 0.29) is 5.75 Å². The number of phenolic OH excluding ortho intramolecular Hbond substituents is 1. The number of rotatable bonds is 3. The van der Waals surface area contributed by atoms with Crippen LogP contribution in [0.15, 0.2) is 53.1 Å². The SMILES string of the molecule is Cc1ccccc1OCc1coc2c(O)cccc12. The molecule has 0 fully saturated rings. The van der Waals surface area contributed by atoms with Crippen molar-refractivity contribution >= 4 is 11.0 Å². The van der Waals surface area contributed by atoms with Crippen LogP contribution in [0.1, 0.15) is 11.1 Å². The summed E-state index contributed by atoms with van der Waals surface area (Å²) in [6.07, 6.45) is 1.63. The number of para-hydroxylation sites is 2. The molecule has 0 bridgehead atoms. The average Bonchev–Trinajstić information content (AvgIpc) is 2.83. The first kappa shape index (κ1) is 11.7. The predicted octanol–water partition coefficient (Wildman–Crippen LogP) is 4.03. The molecule has 0 amide bonds. The molecule has 0 spiro atoms. The quantitative estimate of drug-likeness (QED) is 0.767. The van der Waals surface area contributed by atoms with E-state index in [4.69, 9.17) is 9.15 Å². The fourth-order valence-corrected chi connectivity index (χ4v) is 2.08. The van der Waals surface area contributed by atoms with E-state index in [0.29, 0.717) is 12.2 Å². The third-order valence-electron chi connectivity index (χ3n) is 3.14. The highest BCUT2D eigenvalue weighted by molar-refractivity contribution is 5.85. The van der Waals surface area contributed by atoms with Gasteiger partial charge < -0.3 is 14.3 Å². The molecule has 3 rings (SSSR count). The largest absolute Gasteiger partial charge is 0.504 e. The Balaban J connectivity index is 1.87. The Morgan fingerprint density at radius 1 is 1.11 bits per heavy atom. The van der Waals surface area contributed by atoms with Crippen molar-refractivity contribution < 1.29 is 14.3 Å². The summed E-state index contributed by atoms with van der Waals surface area (Å²) in [6.45, 7) is 2.43. The first-order chi connectivity index (χ1) is 9.25. The second kappa shape index (κ2) is 4.69. The van der Waals surface area contributed by atoms with Crippen molar-refractivity contribution in [2.45, 2.75) is 13.5 Å². The van der Waals surface area contributed by atoms with Gasteiger partial charge in [-0.2, -0.15) is 0 Å². The fourth-order valence-electron chi connectivity index (χ4n) is 2.08. The Bertz CT molecular complexity index is 713. The summed E-state index contributed by atoms with van der Waals surface area (Å²) in [7, 11) is 0. The normalized spacial score (nSPS) is 10.8. The summed E-state index contributed by atoms with van der Waals surface area (Å²) in [5, 5.41) is 10.6. The Morgan fingerprint density at radius 2 is 1.95 bits per heavy atom. The number of furan rings is 1. The van der Waals surface area contributed by atoms with E-state index in [9.17, 15) is 5.11 Å². The smallest absolute Gasteiger partial charge is 0.175 e. The van der Waals surface area contributed by atoms with Crippen molar-refractivity contribution in [3.63, 3.8) is 0 Å². The van der Waals surface area contributed by atoms with Gasteiger partial charge in [0.05, 0.1) is 6.26 Å². The minimum atomic E-state index is 0.152. The van der Waals surface area contributed by atoms with E-state index in [1.165, 1.54) is 0 Å². The predicted molar refractivity (Wildman–Crippen MR) is 73.4 cm³/mol. The average molecular weight is 254 g/mol. The maximum absolute atomic E-state index is 9.68. The summed E-state index contributed by atoms with van der Waals surface area (Å²) in [5.74, 6) is 1.01. The molecule has 1 N–H and O–H groups in total. The van der Waals surface area contributed by atoms with Crippen molar-refractivity contribution in [2.24, 2.45) is 0 Å². The summed E-state index contributed by atoms with van der Waals surface area (Å²) in [5.41, 5.74) is 2.53. The fraction of sp³-hybridized carbons (Fsp3) is 0.125. The second-order valence-electron chi connectivity index (χ2n) is 4.47. The molecule has 0 aliphatic carbocycles. The molecule has 0 saturated heterocycles. The zero-order valence-corrected chi connectivity index (χ0v) is 10.6. The molecule has 3 heteroatoms. The Labute approximate surface area is 111 Å². The number of benzene rings is 2. The molecule has 3 nitrogen and oxygen atoms in total. The molecule has 19 heavy (non-hydrogen) atoms. The number of hydrogen-bond acceptors (Lipinski definition) is 3. The van der Waals surface area contributed by atoms with Gasteiger partial charge in [-0.1, -0.05) is 30.3 Å². The first-order valence-corrected chi connectivity index (χ1v) is 6.12. The van der Waals surface area contributed by atoms with E-state index < -0.39 is 0 Å². The van der Waals surface area contributed by atoms with Gasteiger partial charge in [0, 0.05) is 10.9 Å². The minimum absolute atomic E-state index is 0.152. The molecular weight excluding hydrogens is 240 g/mol. The van der Waals surface area contributed by atoms with E-state index in [1.54, 1.807) is 18.4 Å². The van der Waals surface area contributed by atoms with Crippen molar-refractivity contribution in [3.05, 3.63) is 59.9 Å². The lowest BCUT2D eigenvalue weighted by atomic mass is 10.2. The summed E-state index contributed by atoms with van der Waals surface area (Å²) in [4.78, 5) is 0. The molecule has 0 unspecified atom stereocenters. The Morgan fingerprint density at radius 3 is 2.79 bits per heavy atom. The van der Waals surface area contributed by atoms with Crippen molar-refractivity contribution in [3.8, 4) is 11.5 Å². The number of phenols is 1. The molecule has 0 saturated carbocycles. The first-order valence-electron chi connectivity index (χ1n) is 6.12. The molecule has 2 aromatic carbocycles. The van der Waals surface area contributed by atoms with E-state index in [1.807, 2.05) is 37.3 Å². The molecule has 0 radical (unpaired) electrons. The molecule has 0 atom stereocenters. The van der Waals surface area contributed by atoms with E-state index >= 15 is 0 Å². The third-order valence-corrected chi connectivity index (χ3v) is 3.14.